The van der Waals surface area contributed by atoms with Crippen LogP contribution in [0.15, 0.2) is 89.8 Å². The van der Waals surface area contributed by atoms with Crippen molar-refractivity contribution in [1.82, 2.24) is 0 Å². The van der Waals surface area contributed by atoms with E-state index in [-0.39, 0.29) is 5.91 Å². The summed E-state index contributed by atoms with van der Waals surface area (Å²) >= 11 is 7.41. The molecule has 0 saturated heterocycles. The topological polar surface area (TPSA) is 20.3 Å². The Morgan fingerprint density at radius 2 is 1.29 bits per heavy atom. The first kappa shape index (κ1) is 16.6. The second kappa shape index (κ2) is 8.04. The number of benzene rings is 3. The fourth-order valence-electron chi connectivity index (χ4n) is 2.33. The number of halogens is 1. The maximum absolute atomic E-state index is 12.9. The number of amides is 1. The van der Waals surface area contributed by atoms with E-state index in [2.05, 4.69) is 0 Å². The summed E-state index contributed by atoms with van der Waals surface area (Å²) in [6, 6.07) is 26.9. The van der Waals surface area contributed by atoms with Crippen LogP contribution in [0.2, 0.25) is 5.02 Å². The van der Waals surface area contributed by atoms with Crippen molar-refractivity contribution >= 4 is 40.6 Å². The van der Waals surface area contributed by atoms with Gasteiger partial charge in [0.2, 0.25) is 5.91 Å². The van der Waals surface area contributed by atoms with Gasteiger partial charge < -0.3 is 0 Å². The molecule has 0 heterocycles. The maximum Gasteiger partial charge on any atom is 0.241 e. The molecule has 24 heavy (non-hydrogen) atoms. The molecule has 3 aromatic carbocycles. The molecule has 0 saturated carbocycles. The Balaban J connectivity index is 1.80. The molecule has 0 bridgehead atoms. The third-order valence-corrected chi connectivity index (χ3v) is 4.70. The summed E-state index contributed by atoms with van der Waals surface area (Å²) in [4.78, 5) is 15.6. The number of hydrogen-bond donors (Lipinski definition) is 0. The van der Waals surface area contributed by atoms with Gasteiger partial charge in [-0.25, -0.2) is 0 Å². The SMILES string of the molecule is O=C(CSc1ccc(Cl)cc1)N(c1ccccc1)c1ccccc1. The van der Waals surface area contributed by atoms with E-state index in [1.165, 1.54) is 11.8 Å². The second-order valence-corrected chi connectivity index (χ2v) is 6.63. The van der Waals surface area contributed by atoms with Crippen LogP contribution >= 0.6 is 23.4 Å². The Kier molecular flexibility index (Phi) is 5.57. The van der Waals surface area contributed by atoms with Crippen molar-refractivity contribution in [3.8, 4) is 0 Å². The van der Waals surface area contributed by atoms with Gasteiger partial charge in [-0.2, -0.15) is 0 Å². The van der Waals surface area contributed by atoms with Crippen LogP contribution in [0, 0.1) is 0 Å². The lowest BCUT2D eigenvalue weighted by atomic mass is 10.2. The molecule has 0 atom stereocenters. The van der Waals surface area contributed by atoms with Gasteiger partial charge in [-0.05, 0) is 48.5 Å². The van der Waals surface area contributed by atoms with E-state index in [0.717, 1.165) is 16.3 Å². The number of para-hydroxylation sites is 2. The van der Waals surface area contributed by atoms with Crippen molar-refractivity contribution in [1.29, 1.82) is 0 Å². The van der Waals surface area contributed by atoms with Crippen molar-refractivity contribution < 1.29 is 4.79 Å². The lowest BCUT2D eigenvalue weighted by Crippen LogP contribution is -2.27. The average molecular weight is 354 g/mol. The molecule has 120 valence electrons. The summed E-state index contributed by atoms with van der Waals surface area (Å²) in [7, 11) is 0. The summed E-state index contributed by atoms with van der Waals surface area (Å²) in [6.07, 6.45) is 0. The van der Waals surface area contributed by atoms with E-state index in [4.69, 9.17) is 11.6 Å². The van der Waals surface area contributed by atoms with Crippen LogP contribution in [0.25, 0.3) is 0 Å². The van der Waals surface area contributed by atoms with E-state index >= 15 is 0 Å². The summed E-state index contributed by atoms with van der Waals surface area (Å²) in [5.74, 6) is 0.387. The van der Waals surface area contributed by atoms with E-state index in [0.29, 0.717) is 10.8 Å². The summed E-state index contributed by atoms with van der Waals surface area (Å²) < 4.78 is 0. The molecule has 0 N–H and O–H groups in total. The fourth-order valence-corrected chi connectivity index (χ4v) is 3.21. The Morgan fingerprint density at radius 1 is 0.792 bits per heavy atom. The van der Waals surface area contributed by atoms with E-state index in [1.54, 1.807) is 4.90 Å². The van der Waals surface area contributed by atoms with Gasteiger partial charge in [0.15, 0.2) is 0 Å². The number of nitrogens with zero attached hydrogens (tertiary/aromatic N) is 1. The normalized spacial score (nSPS) is 10.4. The smallest absolute Gasteiger partial charge is 0.241 e. The van der Waals surface area contributed by atoms with Crippen LogP contribution in [-0.4, -0.2) is 11.7 Å². The molecule has 0 aliphatic heterocycles. The Bertz CT molecular complexity index is 751. The standard InChI is InChI=1S/C20H16ClNOS/c21-16-11-13-19(14-12-16)24-15-20(23)22(17-7-3-1-4-8-17)18-9-5-2-6-10-18/h1-14H,15H2. The van der Waals surface area contributed by atoms with Crippen molar-refractivity contribution in [2.24, 2.45) is 0 Å². The Morgan fingerprint density at radius 3 is 1.79 bits per heavy atom. The minimum Gasteiger partial charge on any atom is -0.280 e. The molecular weight excluding hydrogens is 338 g/mol. The largest absolute Gasteiger partial charge is 0.280 e. The molecule has 3 aromatic rings. The highest BCUT2D eigenvalue weighted by Gasteiger charge is 2.17. The molecule has 3 rings (SSSR count). The summed E-state index contributed by atoms with van der Waals surface area (Å²) in [6.45, 7) is 0. The number of rotatable bonds is 5. The van der Waals surface area contributed by atoms with E-state index in [9.17, 15) is 4.79 Å². The number of hydrogen-bond acceptors (Lipinski definition) is 2. The second-order valence-electron chi connectivity index (χ2n) is 5.14. The van der Waals surface area contributed by atoms with Crippen LogP contribution in [0.3, 0.4) is 0 Å². The van der Waals surface area contributed by atoms with Gasteiger partial charge in [0.05, 0.1) is 5.75 Å². The van der Waals surface area contributed by atoms with Crippen LogP contribution in [0.4, 0.5) is 11.4 Å². The first-order chi connectivity index (χ1) is 11.7. The van der Waals surface area contributed by atoms with E-state index in [1.807, 2.05) is 84.9 Å². The number of anilines is 2. The third-order valence-electron chi connectivity index (χ3n) is 3.45. The predicted octanol–water partition coefficient (Wildman–Crippen LogP) is 5.80. The van der Waals surface area contributed by atoms with Crippen molar-refractivity contribution in [2.75, 3.05) is 10.7 Å². The summed E-state index contributed by atoms with van der Waals surface area (Å²) in [5.41, 5.74) is 1.73. The van der Waals surface area contributed by atoms with Crippen molar-refractivity contribution in [3.05, 3.63) is 90.0 Å². The zero-order valence-corrected chi connectivity index (χ0v) is 14.5. The molecule has 0 aliphatic carbocycles. The van der Waals surface area contributed by atoms with Gasteiger partial charge in [-0.3, -0.25) is 9.69 Å². The monoisotopic (exact) mass is 353 g/mol. The van der Waals surface area contributed by atoms with Gasteiger partial charge in [-0.1, -0.05) is 48.0 Å². The first-order valence-corrected chi connectivity index (χ1v) is 8.92. The maximum atomic E-state index is 12.9. The van der Waals surface area contributed by atoms with E-state index < -0.39 is 0 Å². The minimum atomic E-state index is 0.0346. The third kappa shape index (κ3) is 4.19. The molecular formula is C20H16ClNOS. The Labute approximate surface area is 151 Å². The highest BCUT2D eigenvalue weighted by atomic mass is 35.5. The molecule has 0 aromatic heterocycles. The zero-order valence-electron chi connectivity index (χ0n) is 12.9. The van der Waals surface area contributed by atoms with Gasteiger partial charge >= 0.3 is 0 Å². The first-order valence-electron chi connectivity index (χ1n) is 7.55. The molecule has 0 unspecified atom stereocenters. The molecule has 2 nitrogen and oxygen atoms in total. The van der Waals surface area contributed by atoms with Crippen LogP contribution in [0.5, 0.6) is 0 Å². The Hall–Kier alpha value is -2.23. The molecule has 0 fully saturated rings. The van der Waals surface area contributed by atoms with Crippen molar-refractivity contribution in [2.45, 2.75) is 4.90 Å². The number of carbonyl (C=O) groups is 1. The van der Waals surface area contributed by atoms with Crippen LogP contribution in [-0.2, 0) is 4.79 Å². The lowest BCUT2D eigenvalue weighted by molar-refractivity contribution is -0.115. The molecule has 4 heteroatoms. The molecule has 0 spiro atoms. The highest BCUT2D eigenvalue weighted by molar-refractivity contribution is 8.00. The molecule has 0 aliphatic rings. The fraction of sp³-hybridized carbons (Fsp3) is 0.0500. The number of thioether (sulfide) groups is 1. The molecule has 1 amide bonds. The van der Waals surface area contributed by atoms with Gasteiger partial charge in [0.1, 0.15) is 0 Å². The molecule has 0 radical (unpaired) electrons. The van der Waals surface area contributed by atoms with Crippen molar-refractivity contribution in [3.63, 3.8) is 0 Å². The lowest BCUT2D eigenvalue weighted by Gasteiger charge is -2.23. The number of carbonyl (C=O) groups excluding carboxylic acids is 1. The minimum absolute atomic E-state index is 0.0346. The quantitative estimate of drug-likeness (QED) is 0.540. The zero-order chi connectivity index (χ0) is 16.8. The average Bonchev–Trinajstić information content (AvgIpc) is 2.63. The van der Waals surface area contributed by atoms with Crippen LogP contribution in [0.1, 0.15) is 0 Å². The van der Waals surface area contributed by atoms with Gasteiger partial charge in [0.25, 0.3) is 0 Å². The van der Waals surface area contributed by atoms with Gasteiger partial charge in [0, 0.05) is 21.3 Å². The summed E-state index contributed by atoms with van der Waals surface area (Å²) in [5, 5.41) is 0.695. The highest BCUT2D eigenvalue weighted by Crippen LogP contribution is 2.27. The van der Waals surface area contributed by atoms with Crippen LogP contribution < -0.4 is 4.90 Å². The van der Waals surface area contributed by atoms with Gasteiger partial charge in [-0.15, -0.1) is 11.8 Å². The predicted molar refractivity (Wildman–Crippen MR) is 102 cm³/mol.